The van der Waals surface area contributed by atoms with Crippen molar-refractivity contribution in [2.24, 2.45) is 17.8 Å². The van der Waals surface area contributed by atoms with Gasteiger partial charge in [0.2, 0.25) is 5.88 Å². The second-order valence-corrected chi connectivity index (χ2v) is 13.5. The maximum absolute atomic E-state index is 13.5. The van der Waals surface area contributed by atoms with E-state index in [1.165, 1.54) is 12.1 Å². The summed E-state index contributed by atoms with van der Waals surface area (Å²) in [7, 11) is -4.32. The number of amides is 1. The standard InChI is InChI=1S/C29H42N8O5S/c1-19(2)22(20(3)4)16-42-25-12-14-37(34-25)24-11-10-21(27(33-24)36-18-30-17-29(36,5)6)28(39)35-43(40,41)26-9-7-8-23(32-26)31-13-15-38/h7-12,14,19-20,22,30,38H,13,15-18H2,1-6H3,(H,31,32)(H,35,39). The molecule has 1 aliphatic heterocycles. The number of aromatic nitrogens is 4. The molecule has 43 heavy (non-hydrogen) atoms. The van der Waals surface area contributed by atoms with E-state index in [0.717, 1.165) is 0 Å². The molecule has 0 radical (unpaired) electrons. The largest absolute Gasteiger partial charge is 0.476 e. The summed E-state index contributed by atoms with van der Waals surface area (Å²) in [5.41, 5.74) is -0.325. The number of carbonyl (C=O) groups excluding carboxylic acids is 1. The highest BCUT2D eigenvalue weighted by Crippen LogP contribution is 2.30. The Hall–Kier alpha value is -3.75. The lowest BCUT2D eigenvalue weighted by atomic mass is 9.86. The highest BCUT2D eigenvalue weighted by Gasteiger charge is 2.36. The van der Waals surface area contributed by atoms with Crippen LogP contribution in [-0.4, -0.2) is 77.7 Å². The molecular formula is C29H42N8O5S. The van der Waals surface area contributed by atoms with Crippen molar-refractivity contribution in [3.8, 4) is 11.7 Å². The van der Waals surface area contributed by atoms with Crippen LogP contribution in [0.25, 0.3) is 5.82 Å². The Bertz CT molecular complexity index is 1510. The molecule has 4 heterocycles. The number of nitrogens with zero attached hydrogens (tertiary/aromatic N) is 5. The number of aliphatic hydroxyl groups is 1. The molecule has 3 aromatic heterocycles. The summed E-state index contributed by atoms with van der Waals surface area (Å²) in [5, 5.41) is 19.4. The second-order valence-electron chi connectivity index (χ2n) is 11.9. The lowest BCUT2D eigenvalue weighted by molar-refractivity contribution is 0.0981. The molecule has 1 amide bonds. The summed E-state index contributed by atoms with van der Waals surface area (Å²) in [6.07, 6.45) is 1.74. The van der Waals surface area contributed by atoms with Gasteiger partial charge < -0.3 is 20.1 Å². The lowest BCUT2D eigenvalue weighted by Gasteiger charge is -2.32. The second kappa shape index (κ2) is 13.3. The fourth-order valence-electron chi connectivity index (χ4n) is 5.02. The van der Waals surface area contributed by atoms with E-state index in [2.05, 4.69) is 53.1 Å². The van der Waals surface area contributed by atoms with Crippen LogP contribution in [0.3, 0.4) is 0 Å². The Morgan fingerprint density at radius 2 is 1.86 bits per heavy atom. The predicted octanol–water partition coefficient (Wildman–Crippen LogP) is 2.64. The van der Waals surface area contributed by atoms with Crippen LogP contribution in [-0.2, 0) is 10.0 Å². The molecule has 0 bridgehead atoms. The van der Waals surface area contributed by atoms with Crippen LogP contribution < -0.4 is 25.0 Å². The summed E-state index contributed by atoms with van der Waals surface area (Å²) in [6.45, 7) is 14.4. The van der Waals surface area contributed by atoms with Crippen molar-refractivity contribution in [3.63, 3.8) is 0 Å². The van der Waals surface area contributed by atoms with E-state index in [9.17, 15) is 13.2 Å². The molecule has 0 unspecified atom stereocenters. The van der Waals surface area contributed by atoms with Gasteiger partial charge in [0.25, 0.3) is 15.9 Å². The topological polar surface area (TPSA) is 164 Å². The highest BCUT2D eigenvalue weighted by atomic mass is 32.2. The lowest BCUT2D eigenvalue weighted by Crippen LogP contribution is -2.42. The maximum Gasteiger partial charge on any atom is 0.281 e. The van der Waals surface area contributed by atoms with E-state index in [4.69, 9.17) is 14.8 Å². The van der Waals surface area contributed by atoms with Gasteiger partial charge >= 0.3 is 0 Å². The monoisotopic (exact) mass is 614 g/mol. The number of carbonyl (C=O) groups is 1. The molecule has 1 aliphatic rings. The van der Waals surface area contributed by atoms with Gasteiger partial charge in [-0.05, 0) is 55.9 Å². The molecule has 14 heteroatoms. The summed E-state index contributed by atoms with van der Waals surface area (Å²) < 4.78 is 36.0. The molecule has 0 aliphatic carbocycles. The number of sulfonamides is 1. The van der Waals surface area contributed by atoms with E-state index in [0.29, 0.717) is 55.1 Å². The average molecular weight is 615 g/mol. The first kappa shape index (κ1) is 32.2. The van der Waals surface area contributed by atoms with Crippen LogP contribution in [0.4, 0.5) is 11.6 Å². The molecular weight excluding hydrogens is 572 g/mol. The van der Waals surface area contributed by atoms with Gasteiger partial charge in [0.05, 0.1) is 25.4 Å². The Morgan fingerprint density at radius 1 is 1.12 bits per heavy atom. The zero-order valence-corrected chi connectivity index (χ0v) is 26.4. The number of aliphatic hydroxyl groups excluding tert-OH is 1. The fourth-order valence-corrected chi connectivity index (χ4v) is 5.95. The number of hydrogen-bond acceptors (Lipinski definition) is 11. The molecule has 0 atom stereocenters. The summed E-state index contributed by atoms with van der Waals surface area (Å²) in [4.78, 5) is 24.3. The van der Waals surface area contributed by atoms with Gasteiger partial charge in [-0.2, -0.15) is 8.42 Å². The predicted molar refractivity (Wildman–Crippen MR) is 164 cm³/mol. The van der Waals surface area contributed by atoms with Crippen LogP contribution in [0, 0.1) is 17.8 Å². The third-order valence-corrected chi connectivity index (χ3v) is 8.73. The number of nitrogens with one attached hydrogen (secondary N) is 3. The van der Waals surface area contributed by atoms with E-state index in [1.54, 1.807) is 35.1 Å². The molecule has 1 saturated heterocycles. The minimum Gasteiger partial charge on any atom is -0.476 e. The van der Waals surface area contributed by atoms with Crippen LogP contribution in [0.2, 0.25) is 0 Å². The highest BCUT2D eigenvalue weighted by molar-refractivity contribution is 7.90. The molecule has 0 saturated carbocycles. The number of pyridine rings is 2. The first-order chi connectivity index (χ1) is 20.3. The minimum absolute atomic E-state index is 0.0824. The quantitative estimate of drug-likeness (QED) is 0.224. The third-order valence-electron chi connectivity index (χ3n) is 7.50. The van der Waals surface area contributed by atoms with Crippen LogP contribution in [0.1, 0.15) is 51.9 Å². The number of rotatable bonds is 13. The van der Waals surface area contributed by atoms with Crippen LogP contribution >= 0.6 is 0 Å². The summed E-state index contributed by atoms with van der Waals surface area (Å²) >= 11 is 0. The minimum atomic E-state index is -4.32. The first-order valence-corrected chi connectivity index (χ1v) is 15.9. The smallest absolute Gasteiger partial charge is 0.281 e. The fraction of sp³-hybridized carbons (Fsp3) is 0.517. The van der Waals surface area contributed by atoms with Gasteiger partial charge in [-0.15, -0.1) is 5.10 Å². The van der Waals surface area contributed by atoms with Crippen molar-refractivity contribution >= 4 is 27.6 Å². The zero-order chi connectivity index (χ0) is 31.4. The van der Waals surface area contributed by atoms with E-state index >= 15 is 0 Å². The van der Waals surface area contributed by atoms with Crippen molar-refractivity contribution in [1.29, 1.82) is 0 Å². The van der Waals surface area contributed by atoms with E-state index < -0.39 is 21.5 Å². The average Bonchev–Trinajstić information content (AvgIpc) is 3.57. The summed E-state index contributed by atoms with van der Waals surface area (Å²) in [6, 6.07) is 9.28. The molecule has 13 nitrogen and oxygen atoms in total. The third kappa shape index (κ3) is 7.61. The van der Waals surface area contributed by atoms with Gasteiger partial charge in [0.15, 0.2) is 10.8 Å². The normalized spacial score (nSPS) is 15.0. The Morgan fingerprint density at radius 3 is 2.51 bits per heavy atom. The number of anilines is 2. The number of ether oxygens (including phenoxy) is 1. The summed E-state index contributed by atoms with van der Waals surface area (Å²) in [5.74, 6) is 1.95. The van der Waals surface area contributed by atoms with Crippen molar-refractivity contribution < 1.29 is 23.1 Å². The Labute approximate surface area is 253 Å². The van der Waals surface area contributed by atoms with Crippen molar-refractivity contribution in [3.05, 3.63) is 48.2 Å². The Kier molecular flexibility index (Phi) is 9.93. The Balaban J connectivity index is 1.62. The van der Waals surface area contributed by atoms with Gasteiger partial charge in [0, 0.05) is 30.9 Å². The van der Waals surface area contributed by atoms with Gasteiger partial charge in [-0.1, -0.05) is 33.8 Å². The number of hydrogen-bond donors (Lipinski definition) is 4. The zero-order valence-electron chi connectivity index (χ0n) is 25.5. The molecule has 3 aromatic rings. The van der Waals surface area contributed by atoms with Gasteiger partial charge in [0.1, 0.15) is 11.6 Å². The van der Waals surface area contributed by atoms with Crippen LogP contribution in [0.5, 0.6) is 5.88 Å². The van der Waals surface area contributed by atoms with Gasteiger partial charge in [-0.25, -0.2) is 19.4 Å². The first-order valence-electron chi connectivity index (χ1n) is 14.4. The molecule has 0 spiro atoms. The maximum atomic E-state index is 13.5. The molecule has 0 aromatic carbocycles. The molecule has 1 fully saturated rings. The molecule has 234 valence electrons. The van der Waals surface area contributed by atoms with Crippen LogP contribution in [0.15, 0.2) is 47.6 Å². The van der Waals surface area contributed by atoms with Gasteiger partial charge in [-0.3, -0.25) is 10.1 Å². The van der Waals surface area contributed by atoms with Crippen molar-refractivity contribution in [2.75, 3.05) is 43.2 Å². The van der Waals surface area contributed by atoms with Crippen molar-refractivity contribution in [2.45, 2.75) is 52.1 Å². The van der Waals surface area contributed by atoms with E-state index in [1.807, 2.05) is 18.7 Å². The molecule has 4 N–H and O–H groups in total. The SMILES string of the molecule is CC(C)C(COc1ccn(-c2ccc(C(=O)NS(=O)(=O)c3cccc(NCCO)n3)c(N3CNCC3(C)C)n2)n1)C(C)C. The molecule has 4 rings (SSSR count). The van der Waals surface area contributed by atoms with E-state index in [-0.39, 0.29) is 29.6 Å². The van der Waals surface area contributed by atoms with Crippen molar-refractivity contribution in [1.82, 2.24) is 29.8 Å².